The number of benzene rings is 1. The zero-order valence-electron chi connectivity index (χ0n) is 12.1. The zero-order valence-corrected chi connectivity index (χ0v) is 12.1. The molecule has 2 unspecified atom stereocenters. The first-order valence-corrected chi connectivity index (χ1v) is 7.25. The van der Waals surface area contributed by atoms with Gasteiger partial charge < -0.3 is 4.90 Å². The molecule has 0 aliphatic carbocycles. The van der Waals surface area contributed by atoms with Crippen LogP contribution in [0.25, 0.3) is 10.9 Å². The van der Waals surface area contributed by atoms with Crippen molar-refractivity contribution in [2.45, 2.75) is 27.2 Å². The number of nitrogens with zero attached hydrogens (tertiary/aromatic N) is 2. The molecule has 1 aromatic heterocycles. The highest BCUT2D eigenvalue weighted by molar-refractivity contribution is 5.92. The highest BCUT2D eigenvalue weighted by Gasteiger charge is 2.23. The lowest BCUT2D eigenvalue weighted by molar-refractivity contribution is 0.357. The minimum Gasteiger partial charge on any atom is -0.370 e. The molecule has 1 aromatic carbocycles. The van der Waals surface area contributed by atoms with Crippen molar-refractivity contribution in [3.05, 3.63) is 36.0 Å². The summed E-state index contributed by atoms with van der Waals surface area (Å²) in [5.74, 6) is 1.55. The third kappa shape index (κ3) is 2.44. The van der Waals surface area contributed by atoms with E-state index >= 15 is 0 Å². The first-order chi connectivity index (χ1) is 9.13. The summed E-state index contributed by atoms with van der Waals surface area (Å²) in [5.41, 5.74) is 3.59. The van der Waals surface area contributed by atoms with Gasteiger partial charge in [-0.1, -0.05) is 32.0 Å². The summed E-state index contributed by atoms with van der Waals surface area (Å²) < 4.78 is 0. The maximum Gasteiger partial charge on any atom is 0.0726 e. The molecule has 0 amide bonds. The molecule has 2 heterocycles. The van der Waals surface area contributed by atoms with Gasteiger partial charge >= 0.3 is 0 Å². The molecule has 3 rings (SSSR count). The number of anilines is 1. The van der Waals surface area contributed by atoms with Crippen LogP contribution in [0.5, 0.6) is 0 Å². The van der Waals surface area contributed by atoms with E-state index < -0.39 is 0 Å². The fraction of sp³-hybridized carbons (Fsp3) is 0.471. The molecular weight excluding hydrogens is 232 g/mol. The number of hydrogen-bond donors (Lipinski definition) is 0. The summed E-state index contributed by atoms with van der Waals surface area (Å²) in [6, 6.07) is 10.7. The van der Waals surface area contributed by atoms with Gasteiger partial charge in [-0.3, -0.25) is 4.98 Å². The van der Waals surface area contributed by atoms with Gasteiger partial charge in [0.1, 0.15) is 0 Å². The smallest absolute Gasteiger partial charge is 0.0726 e. The number of hydrogen-bond acceptors (Lipinski definition) is 2. The standard InChI is InChI=1S/C17H22N2/c1-12-8-13(2)11-19(10-12)17-9-14(3)18-16-7-5-4-6-15(16)17/h4-7,9,12-13H,8,10-11H2,1-3H3. The van der Waals surface area contributed by atoms with Crippen LogP contribution in [0.3, 0.4) is 0 Å². The maximum atomic E-state index is 4.64. The average Bonchev–Trinajstić information content (AvgIpc) is 2.36. The Labute approximate surface area is 115 Å². The third-order valence-corrected chi connectivity index (χ3v) is 4.03. The Morgan fingerprint density at radius 2 is 1.79 bits per heavy atom. The van der Waals surface area contributed by atoms with Crippen molar-refractivity contribution in [1.82, 2.24) is 4.98 Å². The molecule has 1 aliphatic rings. The van der Waals surface area contributed by atoms with E-state index in [9.17, 15) is 0 Å². The number of rotatable bonds is 1. The molecule has 1 saturated heterocycles. The van der Waals surface area contributed by atoms with Crippen LogP contribution in [0.1, 0.15) is 26.0 Å². The molecule has 2 heteroatoms. The molecular formula is C17H22N2. The minimum absolute atomic E-state index is 0.774. The van der Waals surface area contributed by atoms with Crippen LogP contribution in [-0.2, 0) is 0 Å². The monoisotopic (exact) mass is 254 g/mol. The van der Waals surface area contributed by atoms with Gasteiger partial charge in [-0.2, -0.15) is 0 Å². The molecule has 2 atom stereocenters. The lowest BCUT2D eigenvalue weighted by atomic mass is 9.91. The van der Waals surface area contributed by atoms with Crippen molar-refractivity contribution < 1.29 is 0 Å². The van der Waals surface area contributed by atoms with Crippen molar-refractivity contribution in [3.63, 3.8) is 0 Å². The van der Waals surface area contributed by atoms with Gasteiger partial charge in [0.15, 0.2) is 0 Å². The number of para-hydroxylation sites is 1. The number of aromatic nitrogens is 1. The molecule has 1 aliphatic heterocycles. The Kier molecular flexibility index (Phi) is 3.17. The Balaban J connectivity index is 2.08. The average molecular weight is 254 g/mol. The van der Waals surface area contributed by atoms with E-state index in [4.69, 9.17) is 0 Å². The molecule has 0 saturated carbocycles. The number of piperidine rings is 1. The maximum absolute atomic E-state index is 4.64. The predicted molar refractivity (Wildman–Crippen MR) is 81.6 cm³/mol. The summed E-state index contributed by atoms with van der Waals surface area (Å²) in [5, 5.41) is 1.29. The van der Waals surface area contributed by atoms with Gasteiger partial charge in [0, 0.05) is 29.9 Å². The van der Waals surface area contributed by atoms with Crippen LogP contribution in [0.4, 0.5) is 5.69 Å². The minimum atomic E-state index is 0.774. The van der Waals surface area contributed by atoms with Gasteiger partial charge in [-0.15, -0.1) is 0 Å². The molecule has 100 valence electrons. The van der Waals surface area contributed by atoms with Crippen LogP contribution in [0.15, 0.2) is 30.3 Å². The van der Waals surface area contributed by atoms with Crippen molar-refractivity contribution in [1.29, 1.82) is 0 Å². The second kappa shape index (κ2) is 4.84. The Bertz CT molecular complexity index is 581. The van der Waals surface area contributed by atoms with Crippen LogP contribution < -0.4 is 4.90 Å². The Morgan fingerprint density at radius 3 is 2.53 bits per heavy atom. The van der Waals surface area contributed by atoms with Crippen molar-refractivity contribution in [3.8, 4) is 0 Å². The van der Waals surface area contributed by atoms with Crippen molar-refractivity contribution in [2.75, 3.05) is 18.0 Å². The van der Waals surface area contributed by atoms with Crippen molar-refractivity contribution in [2.24, 2.45) is 11.8 Å². The van der Waals surface area contributed by atoms with Crippen LogP contribution in [-0.4, -0.2) is 18.1 Å². The molecule has 0 bridgehead atoms. The molecule has 0 N–H and O–H groups in total. The summed E-state index contributed by atoms with van der Waals surface area (Å²) in [4.78, 5) is 7.19. The number of aryl methyl sites for hydroxylation is 1. The summed E-state index contributed by atoms with van der Waals surface area (Å²) in [6.45, 7) is 9.14. The second-order valence-electron chi connectivity index (χ2n) is 6.15. The van der Waals surface area contributed by atoms with E-state index in [1.54, 1.807) is 0 Å². The lowest BCUT2D eigenvalue weighted by Crippen LogP contribution is -2.38. The Morgan fingerprint density at radius 1 is 1.11 bits per heavy atom. The van der Waals surface area contributed by atoms with Crippen molar-refractivity contribution >= 4 is 16.6 Å². The van der Waals surface area contributed by atoms with E-state index in [1.165, 1.54) is 17.5 Å². The molecule has 2 nitrogen and oxygen atoms in total. The molecule has 2 aromatic rings. The summed E-state index contributed by atoms with van der Waals surface area (Å²) >= 11 is 0. The summed E-state index contributed by atoms with van der Waals surface area (Å²) in [6.07, 6.45) is 1.35. The lowest BCUT2D eigenvalue weighted by Gasteiger charge is -2.37. The zero-order chi connectivity index (χ0) is 13.4. The van der Waals surface area contributed by atoms with E-state index in [2.05, 4.69) is 61.0 Å². The predicted octanol–water partition coefficient (Wildman–Crippen LogP) is 4.03. The molecule has 1 fully saturated rings. The van der Waals surface area contributed by atoms with Gasteiger partial charge in [-0.05, 0) is 37.3 Å². The van der Waals surface area contributed by atoms with Crippen LogP contribution in [0, 0.1) is 18.8 Å². The highest BCUT2D eigenvalue weighted by atomic mass is 15.1. The number of pyridine rings is 1. The molecule has 19 heavy (non-hydrogen) atoms. The van der Waals surface area contributed by atoms with Gasteiger partial charge in [0.2, 0.25) is 0 Å². The van der Waals surface area contributed by atoms with E-state index in [0.29, 0.717) is 0 Å². The Hall–Kier alpha value is -1.57. The number of fused-ring (bicyclic) bond motifs is 1. The van der Waals surface area contributed by atoms with Gasteiger partial charge in [-0.25, -0.2) is 0 Å². The van der Waals surface area contributed by atoms with Gasteiger partial charge in [0.05, 0.1) is 5.52 Å². The van der Waals surface area contributed by atoms with E-state index in [0.717, 1.165) is 36.1 Å². The van der Waals surface area contributed by atoms with Crippen LogP contribution in [0.2, 0.25) is 0 Å². The SMILES string of the molecule is Cc1cc(N2CC(C)CC(C)C2)c2ccccc2n1. The topological polar surface area (TPSA) is 16.1 Å². The van der Waals surface area contributed by atoms with Crippen LogP contribution >= 0.6 is 0 Å². The van der Waals surface area contributed by atoms with E-state index in [-0.39, 0.29) is 0 Å². The normalized spacial score (nSPS) is 23.8. The quantitative estimate of drug-likeness (QED) is 0.764. The first kappa shape index (κ1) is 12.5. The van der Waals surface area contributed by atoms with Gasteiger partial charge in [0.25, 0.3) is 0 Å². The highest BCUT2D eigenvalue weighted by Crippen LogP contribution is 2.31. The molecule has 0 spiro atoms. The largest absolute Gasteiger partial charge is 0.370 e. The van der Waals surface area contributed by atoms with E-state index in [1.807, 2.05) is 0 Å². The fourth-order valence-electron chi connectivity index (χ4n) is 3.41. The second-order valence-corrected chi connectivity index (χ2v) is 6.15. The third-order valence-electron chi connectivity index (χ3n) is 4.03. The summed E-state index contributed by atoms with van der Waals surface area (Å²) in [7, 11) is 0. The first-order valence-electron chi connectivity index (χ1n) is 7.25. The molecule has 0 radical (unpaired) electrons. The fourth-order valence-corrected chi connectivity index (χ4v) is 3.41.